The number of aryl methyl sites for hydroxylation is 2. The minimum Gasteiger partial charge on any atom is -0.347 e. The van der Waals surface area contributed by atoms with Crippen molar-refractivity contribution >= 4 is 23.3 Å². The highest BCUT2D eigenvalue weighted by molar-refractivity contribution is 5.99. The molecule has 0 bridgehead atoms. The Balaban J connectivity index is 1.42. The van der Waals surface area contributed by atoms with Crippen molar-refractivity contribution in [2.45, 2.75) is 32.1 Å². The van der Waals surface area contributed by atoms with E-state index < -0.39 is 23.4 Å². The predicted octanol–water partition coefficient (Wildman–Crippen LogP) is 3.17. The lowest BCUT2D eigenvalue weighted by atomic mass is 10.0. The minimum absolute atomic E-state index is 0.0334. The first-order valence-corrected chi connectivity index (χ1v) is 9.09. The van der Waals surface area contributed by atoms with Crippen molar-refractivity contribution < 1.29 is 23.2 Å². The third-order valence-electron chi connectivity index (χ3n) is 4.65. The van der Waals surface area contributed by atoms with E-state index in [0.29, 0.717) is 5.56 Å². The molecule has 3 rings (SSSR count). The van der Waals surface area contributed by atoms with Crippen LogP contribution in [-0.4, -0.2) is 24.1 Å². The number of ketones is 1. The van der Waals surface area contributed by atoms with Crippen molar-refractivity contribution in [3.8, 4) is 0 Å². The Morgan fingerprint density at radius 2 is 1.64 bits per heavy atom. The topological polar surface area (TPSA) is 75.3 Å². The van der Waals surface area contributed by atoms with Gasteiger partial charge in [0.15, 0.2) is 17.4 Å². The molecule has 0 unspecified atom stereocenters. The molecule has 2 N–H and O–H groups in total. The standard InChI is InChI=1S/C21H20F2N2O3/c22-17-7-6-16(11-18(17)23)25-21(28)12-24-20(27)9-8-19(26)15-5-4-13-2-1-3-14(13)10-15/h4-7,10-11H,1-3,8-9,12H2,(H,24,27)(H,25,28). The molecule has 0 atom stereocenters. The largest absolute Gasteiger partial charge is 0.347 e. The van der Waals surface area contributed by atoms with Crippen molar-refractivity contribution in [3.63, 3.8) is 0 Å². The molecule has 0 radical (unpaired) electrons. The quantitative estimate of drug-likeness (QED) is 0.718. The van der Waals surface area contributed by atoms with Gasteiger partial charge in [-0.1, -0.05) is 12.1 Å². The van der Waals surface area contributed by atoms with Gasteiger partial charge in [-0.2, -0.15) is 0 Å². The van der Waals surface area contributed by atoms with Gasteiger partial charge in [0, 0.05) is 30.2 Å². The number of halogens is 2. The zero-order valence-electron chi connectivity index (χ0n) is 15.2. The Bertz CT molecular complexity index is 928. The Labute approximate surface area is 161 Å². The van der Waals surface area contributed by atoms with Crippen LogP contribution in [-0.2, 0) is 22.4 Å². The minimum atomic E-state index is -1.08. The van der Waals surface area contributed by atoms with Gasteiger partial charge in [0.25, 0.3) is 0 Å². The van der Waals surface area contributed by atoms with Gasteiger partial charge in [0.2, 0.25) is 11.8 Å². The average Bonchev–Trinajstić information content (AvgIpc) is 3.15. The second-order valence-electron chi connectivity index (χ2n) is 6.71. The van der Waals surface area contributed by atoms with E-state index in [9.17, 15) is 23.2 Å². The maximum absolute atomic E-state index is 13.1. The summed E-state index contributed by atoms with van der Waals surface area (Å²) in [6.07, 6.45) is 3.13. The molecule has 0 aliphatic heterocycles. The van der Waals surface area contributed by atoms with Crippen LogP contribution in [0.1, 0.15) is 40.7 Å². The van der Waals surface area contributed by atoms with Crippen LogP contribution in [0.15, 0.2) is 36.4 Å². The SMILES string of the molecule is O=C(CCC(=O)c1ccc2c(c1)CCC2)NCC(=O)Nc1ccc(F)c(F)c1. The smallest absolute Gasteiger partial charge is 0.243 e. The highest BCUT2D eigenvalue weighted by Crippen LogP contribution is 2.23. The molecule has 5 nitrogen and oxygen atoms in total. The normalized spacial score (nSPS) is 12.4. The molecule has 2 aromatic carbocycles. The van der Waals surface area contributed by atoms with Gasteiger partial charge in [-0.3, -0.25) is 14.4 Å². The third-order valence-corrected chi connectivity index (χ3v) is 4.65. The molecule has 0 spiro atoms. The van der Waals surface area contributed by atoms with E-state index in [1.165, 1.54) is 17.2 Å². The van der Waals surface area contributed by atoms with Gasteiger partial charge in [-0.25, -0.2) is 8.78 Å². The first-order chi connectivity index (χ1) is 13.4. The molecule has 0 heterocycles. The summed E-state index contributed by atoms with van der Waals surface area (Å²) in [5, 5.41) is 4.76. The van der Waals surface area contributed by atoms with Crippen molar-refractivity contribution in [3.05, 3.63) is 64.7 Å². The maximum Gasteiger partial charge on any atom is 0.243 e. The number of Topliss-reactive ketones (excluding diaryl/α,β-unsaturated/α-hetero) is 1. The number of hydrogen-bond acceptors (Lipinski definition) is 3. The fraction of sp³-hybridized carbons (Fsp3) is 0.286. The first kappa shape index (κ1) is 19.7. The van der Waals surface area contributed by atoms with Gasteiger partial charge >= 0.3 is 0 Å². The fourth-order valence-corrected chi connectivity index (χ4v) is 3.16. The van der Waals surface area contributed by atoms with Crippen LogP contribution in [0.2, 0.25) is 0 Å². The Hall–Kier alpha value is -3.09. The molecule has 2 aromatic rings. The van der Waals surface area contributed by atoms with Crippen molar-refractivity contribution in [1.29, 1.82) is 0 Å². The number of benzene rings is 2. The second-order valence-corrected chi connectivity index (χ2v) is 6.71. The highest BCUT2D eigenvalue weighted by Gasteiger charge is 2.15. The monoisotopic (exact) mass is 386 g/mol. The van der Waals surface area contributed by atoms with E-state index in [1.807, 2.05) is 12.1 Å². The van der Waals surface area contributed by atoms with Gasteiger partial charge in [0.1, 0.15) is 0 Å². The summed E-state index contributed by atoms with van der Waals surface area (Å²) in [5.41, 5.74) is 3.17. The van der Waals surface area contributed by atoms with Crippen LogP contribution in [0, 0.1) is 11.6 Å². The van der Waals surface area contributed by atoms with Gasteiger partial charge in [-0.05, 0) is 48.6 Å². The third kappa shape index (κ3) is 5.00. The maximum atomic E-state index is 13.1. The average molecular weight is 386 g/mol. The molecule has 7 heteroatoms. The van der Waals surface area contributed by atoms with E-state index >= 15 is 0 Å². The summed E-state index contributed by atoms with van der Waals surface area (Å²) >= 11 is 0. The van der Waals surface area contributed by atoms with E-state index in [4.69, 9.17) is 0 Å². The number of carbonyl (C=O) groups excluding carboxylic acids is 3. The molecule has 0 aromatic heterocycles. The van der Waals surface area contributed by atoms with Crippen LogP contribution in [0.4, 0.5) is 14.5 Å². The number of hydrogen-bond donors (Lipinski definition) is 2. The summed E-state index contributed by atoms with van der Waals surface area (Å²) < 4.78 is 26.0. The van der Waals surface area contributed by atoms with Crippen LogP contribution in [0.5, 0.6) is 0 Å². The number of carbonyl (C=O) groups is 3. The summed E-state index contributed by atoms with van der Waals surface area (Å²) in [5.74, 6) is -3.22. The molecular weight excluding hydrogens is 366 g/mol. The van der Waals surface area contributed by atoms with Crippen molar-refractivity contribution in [2.24, 2.45) is 0 Å². The van der Waals surface area contributed by atoms with Crippen molar-refractivity contribution in [1.82, 2.24) is 5.32 Å². The van der Waals surface area contributed by atoms with E-state index in [0.717, 1.165) is 31.4 Å². The van der Waals surface area contributed by atoms with Gasteiger partial charge < -0.3 is 10.6 Å². The van der Waals surface area contributed by atoms with Crippen LogP contribution >= 0.6 is 0 Å². The molecule has 0 saturated carbocycles. The summed E-state index contributed by atoms with van der Waals surface area (Å²) in [7, 11) is 0. The summed E-state index contributed by atoms with van der Waals surface area (Å²) in [4.78, 5) is 35.9. The fourth-order valence-electron chi connectivity index (χ4n) is 3.16. The molecule has 146 valence electrons. The molecule has 2 amide bonds. The Morgan fingerprint density at radius 1 is 0.857 bits per heavy atom. The lowest BCUT2D eigenvalue weighted by Crippen LogP contribution is -2.33. The number of anilines is 1. The van der Waals surface area contributed by atoms with E-state index in [1.54, 1.807) is 6.07 Å². The number of fused-ring (bicyclic) bond motifs is 1. The van der Waals surface area contributed by atoms with Crippen LogP contribution in [0.25, 0.3) is 0 Å². The summed E-state index contributed by atoms with van der Waals surface area (Å²) in [6.45, 7) is -0.329. The van der Waals surface area contributed by atoms with Gasteiger partial charge in [0.05, 0.1) is 6.54 Å². The molecule has 1 aliphatic rings. The Morgan fingerprint density at radius 3 is 2.43 bits per heavy atom. The summed E-state index contributed by atoms with van der Waals surface area (Å²) in [6, 6.07) is 8.63. The molecule has 0 saturated heterocycles. The molecular formula is C21H20F2N2O3. The molecule has 0 fully saturated rings. The lowest BCUT2D eigenvalue weighted by Gasteiger charge is -2.08. The second kappa shape index (κ2) is 8.73. The molecule has 1 aliphatic carbocycles. The van der Waals surface area contributed by atoms with Crippen molar-refractivity contribution in [2.75, 3.05) is 11.9 Å². The Kier molecular flexibility index (Phi) is 6.13. The number of rotatable bonds is 7. The van der Waals surface area contributed by atoms with E-state index in [-0.39, 0.29) is 30.9 Å². The van der Waals surface area contributed by atoms with Gasteiger partial charge in [-0.15, -0.1) is 0 Å². The first-order valence-electron chi connectivity index (χ1n) is 9.09. The number of nitrogens with one attached hydrogen (secondary N) is 2. The van der Waals surface area contributed by atoms with Crippen LogP contribution in [0.3, 0.4) is 0 Å². The number of amides is 2. The highest BCUT2D eigenvalue weighted by atomic mass is 19.2. The zero-order chi connectivity index (χ0) is 20.1. The van der Waals surface area contributed by atoms with E-state index in [2.05, 4.69) is 10.6 Å². The zero-order valence-corrected chi connectivity index (χ0v) is 15.2. The van der Waals surface area contributed by atoms with Crippen LogP contribution < -0.4 is 10.6 Å². The predicted molar refractivity (Wildman–Crippen MR) is 100 cm³/mol. The lowest BCUT2D eigenvalue weighted by molar-refractivity contribution is -0.124. The molecule has 28 heavy (non-hydrogen) atoms.